The maximum atomic E-state index is 12.4. The first-order chi connectivity index (χ1) is 9.39. The van der Waals surface area contributed by atoms with Gasteiger partial charge in [-0.15, -0.1) is 0 Å². The van der Waals surface area contributed by atoms with Crippen molar-refractivity contribution in [3.8, 4) is 0 Å². The second-order valence-corrected chi connectivity index (χ2v) is 7.07. The molecule has 20 heavy (non-hydrogen) atoms. The lowest BCUT2D eigenvalue weighted by Crippen LogP contribution is -2.26. The lowest BCUT2D eigenvalue weighted by molar-refractivity contribution is 0.466. The van der Waals surface area contributed by atoms with Gasteiger partial charge in [0.1, 0.15) is 5.15 Å². The fraction of sp³-hybridized carbons (Fsp3) is 0.154. The molecule has 0 aliphatic carbocycles. The summed E-state index contributed by atoms with van der Waals surface area (Å²) in [6.45, 7) is 0.225. The van der Waals surface area contributed by atoms with E-state index >= 15 is 0 Å². The molecular weight excluding hydrogens is 319 g/mol. The largest absolute Gasteiger partial charge is 0.244 e. The lowest BCUT2D eigenvalue weighted by Gasteiger charge is -2.17. The Morgan fingerprint density at radius 2 is 1.95 bits per heavy atom. The smallest absolute Gasteiger partial charge is 0.243 e. The zero-order chi connectivity index (χ0) is 14.8. The Labute approximate surface area is 128 Å². The summed E-state index contributed by atoms with van der Waals surface area (Å²) in [6, 6.07) is 9.80. The lowest BCUT2D eigenvalue weighted by atomic mass is 10.2. The van der Waals surface area contributed by atoms with Crippen molar-refractivity contribution in [2.75, 3.05) is 7.05 Å². The number of halogens is 2. The monoisotopic (exact) mass is 330 g/mol. The molecule has 1 aromatic carbocycles. The standard InChI is InChI=1S/C13H12Cl2N2O2S/c1-17(9-10-3-2-4-11(14)7-10)20(18,19)12-5-6-16-13(15)8-12/h2-8H,9H2,1H3. The quantitative estimate of drug-likeness (QED) is 0.809. The third-order valence-corrected chi connectivity index (χ3v) is 4.94. The van der Waals surface area contributed by atoms with Crippen LogP contribution in [-0.2, 0) is 16.6 Å². The average Bonchev–Trinajstić information content (AvgIpc) is 2.38. The van der Waals surface area contributed by atoms with Crippen LogP contribution in [0.25, 0.3) is 0 Å². The predicted octanol–water partition coefficient (Wildman–Crippen LogP) is 3.21. The molecule has 0 saturated heterocycles. The molecule has 1 heterocycles. The number of hydrogen-bond donors (Lipinski definition) is 0. The normalized spacial score (nSPS) is 11.8. The van der Waals surface area contributed by atoms with E-state index < -0.39 is 10.0 Å². The van der Waals surface area contributed by atoms with E-state index in [4.69, 9.17) is 23.2 Å². The van der Waals surface area contributed by atoms with Crippen molar-refractivity contribution in [2.24, 2.45) is 0 Å². The number of aromatic nitrogens is 1. The molecule has 2 rings (SSSR count). The molecular formula is C13H12Cl2N2O2S. The van der Waals surface area contributed by atoms with E-state index in [1.807, 2.05) is 6.07 Å². The first-order valence-corrected chi connectivity index (χ1v) is 7.91. The Morgan fingerprint density at radius 3 is 2.60 bits per heavy atom. The topological polar surface area (TPSA) is 50.3 Å². The van der Waals surface area contributed by atoms with Crippen LogP contribution in [-0.4, -0.2) is 24.8 Å². The van der Waals surface area contributed by atoms with E-state index in [1.54, 1.807) is 18.2 Å². The van der Waals surface area contributed by atoms with Crippen LogP contribution < -0.4 is 0 Å². The summed E-state index contributed by atoms with van der Waals surface area (Å²) in [5, 5.41) is 0.711. The number of benzene rings is 1. The molecule has 0 aliphatic rings. The fourth-order valence-electron chi connectivity index (χ4n) is 1.70. The molecule has 0 bridgehead atoms. The van der Waals surface area contributed by atoms with Gasteiger partial charge in [0.15, 0.2) is 0 Å². The van der Waals surface area contributed by atoms with Crippen molar-refractivity contribution in [1.82, 2.24) is 9.29 Å². The molecule has 0 N–H and O–H groups in total. The SMILES string of the molecule is CN(Cc1cccc(Cl)c1)S(=O)(=O)c1ccnc(Cl)c1. The number of sulfonamides is 1. The van der Waals surface area contributed by atoms with Crippen LogP contribution >= 0.6 is 23.2 Å². The molecule has 0 unspecified atom stereocenters. The van der Waals surface area contributed by atoms with Crippen LogP contribution in [0.2, 0.25) is 10.2 Å². The highest BCUT2D eigenvalue weighted by Gasteiger charge is 2.21. The molecule has 0 aliphatic heterocycles. The van der Waals surface area contributed by atoms with Crippen molar-refractivity contribution < 1.29 is 8.42 Å². The maximum absolute atomic E-state index is 12.4. The van der Waals surface area contributed by atoms with E-state index in [9.17, 15) is 8.42 Å². The maximum Gasteiger partial charge on any atom is 0.243 e. The number of hydrogen-bond acceptors (Lipinski definition) is 3. The zero-order valence-corrected chi connectivity index (χ0v) is 13.0. The summed E-state index contributed by atoms with van der Waals surface area (Å²) in [7, 11) is -2.10. The van der Waals surface area contributed by atoms with E-state index in [0.717, 1.165) is 5.56 Å². The second kappa shape index (κ2) is 6.10. The van der Waals surface area contributed by atoms with Gasteiger partial charge < -0.3 is 0 Å². The van der Waals surface area contributed by atoms with Gasteiger partial charge >= 0.3 is 0 Å². The van der Waals surface area contributed by atoms with Gasteiger partial charge in [-0.3, -0.25) is 0 Å². The summed E-state index contributed by atoms with van der Waals surface area (Å²) >= 11 is 11.6. The van der Waals surface area contributed by atoms with Crippen LogP contribution in [0.1, 0.15) is 5.56 Å². The molecule has 0 saturated carbocycles. The molecule has 1 aromatic heterocycles. The fourth-order valence-corrected chi connectivity index (χ4v) is 3.33. The molecule has 0 fully saturated rings. The Morgan fingerprint density at radius 1 is 1.20 bits per heavy atom. The molecule has 106 valence electrons. The van der Waals surface area contributed by atoms with E-state index in [1.165, 1.54) is 29.7 Å². The third kappa shape index (κ3) is 3.49. The molecule has 0 amide bonds. The van der Waals surface area contributed by atoms with Gasteiger partial charge in [-0.25, -0.2) is 13.4 Å². The summed E-state index contributed by atoms with van der Waals surface area (Å²) < 4.78 is 26.0. The van der Waals surface area contributed by atoms with Crippen LogP contribution in [0.4, 0.5) is 0 Å². The van der Waals surface area contributed by atoms with Crippen molar-refractivity contribution >= 4 is 33.2 Å². The summed E-state index contributed by atoms with van der Waals surface area (Å²) in [5.41, 5.74) is 0.809. The van der Waals surface area contributed by atoms with E-state index in [0.29, 0.717) is 5.02 Å². The first-order valence-electron chi connectivity index (χ1n) is 5.72. The number of nitrogens with zero attached hydrogens (tertiary/aromatic N) is 2. The molecule has 4 nitrogen and oxygen atoms in total. The Bertz CT molecular complexity index is 720. The first kappa shape index (κ1) is 15.3. The Balaban J connectivity index is 2.26. The van der Waals surface area contributed by atoms with Crippen LogP contribution in [0.15, 0.2) is 47.5 Å². The van der Waals surface area contributed by atoms with E-state index in [-0.39, 0.29) is 16.6 Å². The minimum Gasteiger partial charge on any atom is -0.244 e. The van der Waals surface area contributed by atoms with Gasteiger partial charge in [0.25, 0.3) is 0 Å². The second-order valence-electron chi connectivity index (χ2n) is 4.21. The summed E-state index contributed by atoms with van der Waals surface area (Å²) in [6.07, 6.45) is 1.36. The van der Waals surface area contributed by atoms with Gasteiger partial charge in [-0.2, -0.15) is 4.31 Å². The Kier molecular flexibility index (Phi) is 4.65. The summed E-state index contributed by atoms with van der Waals surface area (Å²) in [5.74, 6) is 0. The van der Waals surface area contributed by atoms with Gasteiger partial charge in [0.2, 0.25) is 10.0 Å². The van der Waals surface area contributed by atoms with Gasteiger partial charge in [-0.05, 0) is 29.8 Å². The minimum absolute atomic E-state index is 0.113. The van der Waals surface area contributed by atoms with Gasteiger partial charge in [0, 0.05) is 24.8 Å². The summed E-state index contributed by atoms with van der Waals surface area (Å²) in [4.78, 5) is 3.89. The van der Waals surface area contributed by atoms with Gasteiger partial charge in [0.05, 0.1) is 4.90 Å². The molecule has 0 atom stereocenters. The molecule has 0 spiro atoms. The highest BCUT2D eigenvalue weighted by atomic mass is 35.5. The van der Waals surface area contributed by atoms with Crippen LogP contribution in [0.3, 0.4) is 0 Å². The molecule has 7 heteroatoms. The van der Waals surface area contributed by atoms with Crippen LogP contribution in [0.5, 0.6) is 0 Å². The number of rotatable bonds is 4. The number of pyridine rings is 1. The molecule has 2 aromatic rings. The minimum atomic E-state index is -3.61. The Hall–Kier alpha value is -1.14. The van der Waals surface area contributed by atoms with Crippen molar-refractivity contribution in [3.63, 3.8) is 0 Å². The van der Waals surface area contributed by atoms with Crippen LogP contribution in [0, 0.1) is 0 Å². The van der Waals surface area contributed by atoms with Gasteiger partial charge in [-0.1, -0.05) is 35.3 Å². The highest BCUT2D eigenvalue weighted by molar-refractivity contribution is 7.89. The zero-order valence-electron chi connectivity index (χ0n) is 10.6. The van der Waals surface area contributed by atoms with Crippen molar-refractivity contribution in [2.45, 2.75) is 11.4 Å². The average molecular weight is 331 g/mol. The van der Waals surface area contributed by atoms with Crippen molar-refractivity contribution in [3.05, 3.63) is 58.3 Å². The third-order valence-electron chi connectivity index (χ3n) is 2.70. The molecule has 0 radical (unpaired) electrons. The highest BCUT2D eigenvalue weighted by Crippen LogP contribution is 2.19. The van der Waals surface area contributed by atoms with Crippen molar-refractivity contribution in [1.29, 1.82) is 0 Å². The van der Waals surface area contributed by atoms with E-state index in [2.05, 4.69) is 4.98 Å². The predicted molar refractivity (Wildman–Crippen MR) is 79.4 cm³/mol.